The number of nitrogens with one attached hydrogen (secondary N) is 2. The van der Waals surface area contributed by atoms with Gasteiger partial charge in [-0.2, -0.15) is 5.10 Å². The zero-order valence-electron chi connectivity index (χ0n) is 19.7. The van der Waals surface area contributed by atoms with E-state index in [1.807, 2.05) is 12.1 Å². The Balaban J connectivity index is 1.61. The summed E-state index contributed by atoms with van der Waals surface area (Å²) in [7, 11) is 6.03. The van der Waals surface area contributed by atoms with Crippen LogP contribution in [0.5, 0.6) is 17.2 Å². The Morgan fingerprint density at radius 2 is 1.83 bits per heavy atom. The highest BCUT2D eigenvalue weighted by Gasteiger charge is 2.37. The van der Waals surface area contributed by atoms with Crippen molar-refractivity contribution in [2.24, 2.45) is 0 Å². The van der Waals surface area contributed by atoms with Gasteiger partial charge in [-0.3, -0.25) is 9.59 Å². The molecule has 0 spiro atoms. The summed E-state index contributed by atoms with van der Waals surface area (Å²) in [5.74, 6) is 0.967. The lowest BCUT2D eigenvalue weighted by atomic mass is 10.1. The molecule has 1 aliphatic heterocycles. The molecule has 2 N–H and O–H groups in total. The smallest absolute Gasteiger partial charge is 0.251 e. The van der Waals surface area contributed by atoms with Crippen molar-refractivity contribution < 1.29 is 28.5 Å². The Hall–Kier alpha value is -3.76. The molecule has 0 bridgehead atoms. The minimum atomic E-state index is -0.837. The van der Waals surface area contributed by atoms with Crippen molar-refractivity contribution in [2.75, 3.05) is 39.1 Å². The molecule has 1 unspecified atom stereocenters. The van der Waals surface area contributed by atoms with E-state index in [0.717, 1.165) is 5.56 Å². The minimum Gasteiger partial charge on any atom is -0.493 e. The second kappa shape index (κ2) is 10.2. The lowest BCUT2D eigenvalue weighted by Crippen LogP contribution is -2.24. The molecule has 2 amide bonds. The third kappa shape index (κ3) is 4.75. The maximum atomic E-state index is 12.9. The molecule has 2 heterocycles. The van der Waals surface area contributed by atoms with E-state index in [0.29, 0.717) is 45.0 Å². The molecule has 1 aliphatic rings. The fourth-order valence-corrected chi connectivity index (χ4v) is 4.23. The van der Waals surface area contributed by atoms with Crippen LogP contribution < -0.4 is 24.8 Å². The standard InChI is InChI=1S/C24H25ClN4O6/c1-32-12-16-21(13-6-5-7-14(25)8-13)23-27-24(31)17(29(23)28-16)11-20(30)26-15-9-18(33-2)22(35-4)19(10-15)34-3/h5-10,17H,11-12H2,1-4H3,(H,26,30)(H,27,31). The third-order valence-corrected chi connectivity index (χ3v) is 5.78. The SMILES string of the molecule is COCc1nn2c(c1-c1cccc(Cl)c1)NC(=O)C2CC(=O)Nc1cc(OC)c(OC)c(OC)c1. The zero-order chi connectivity index (χ0) is 25.1. The molecule has 2 aromatic carbocycles. The number of methoxy groups -OCH3 is 4. The van der Waals surface area contributed by atoms with E-state index in [4.69, 9.17) is 30.5 Å². The van der Waals surface area contributed by atoms with Crippen LogP contribution in [0.25, 0.3) is 11.1 Å². The fourth-order valence-electron chi connectivity index (χ4n) is 4.04. The molecule has 1 atom stereocenters. The first-order chi connectivity index (χ1) is 16.9. The van der Waals surface area contributed by atoms with Crippen LogP contribution in [0, 0.1) is 0 Å². The number of carbonyl (C=O) groups is 2. The van der Waals surface area contributed by atoms with Gasteiger partial charge in [-0.1, -0.05) is 23.7 Å². The molecule has 0 radical (unpaired) electrons. The van der Waals surface area contributed by atoms with E-state index >= 15 is 0 Å². The number of carbonyl (C=O) groups excluding carboxylic acids is 2. The third-order valence-electron chi connectivity index (χ3n) is 5.54. The second-order valence-electron chi connectivity index (χ2n) is 7.73. The van der Waals surface area contributed by atoms with Gasteiger partial charge in [0.05, 0.1) is 40.1 Å². The Morgan fingerprint density at radius 3 is 2.43 bits per heavy atom. The van der Waals surface area contributed by atoms with Gasteiger partial charge in [0, 0.05) is 35.5 Å². The molecule has 0 saturated heterocycles. The summed E-state index contributed by atoms with van der Waals surface area (Å²) in [6, 6.07) is 9.63. The van der Waals surface area contributed by atoms with E-state index in [-0.39, 0.29) is 24.8 Å². The van der Waals surface area contributed by atoms with Crippen molar-refractivity contribution in [2.45, 2.75) is 19.1 Å². The number of ether oxygens (including phenoxy) is 4. The molecular weight excluding hydrogens is 476 g/mol. The van der Waals surface area contributed by atoms with Crippen molar-refractivity contribution in [3.8, 4) is 28.4 Å². The predicted octanol–water partition coefficient (Wildman–Crippen LogP) is 3.90. The molecule has 4 rings (SSSR count). The largest absolute Gasteiger partial charge is 0.493 e. The molecule has 184 valence electrons. The van der Waals surface area contributed by atoms with Gasteiger partial charge in [-0.05, 0) is 17.7 Å². The fraction of sp³-hybridized carbons (Fsp3) is 0.292. The van der Waals surface area contributed by atoms with Crippen molar-refractivity contribution >= 4 is 34.9 Å². The average Bonchev–Trinajstić information content (AvgIpc) is 3.33. The minimum absolute atomic E-state index is 0.140. The van der Waals surface area contributed by atoms with Gasteiger partial charge in [0.2, 0.25) is 11.7 Å². The van der Waals surface area contributed by atoms with E-state index in [1.54, 1.807) is 31.4 Å². The summed E-state index contributed by atoms with van der Waals surface area (Å²) >= 11 is 6.18. The Labute approximate surface area is 207 Å². The van der Waals surface area contributed by atoms with Crippen LogP contribution >= 0.6 is 11.6 Å². The Kier molecular flexibility index (Phi) is 7.13. The van der Waals surface area contributed by atoms with Gasteiger partial charge in [-0.15, -0.1) is 0 Å². The Morgan fingerprint density at radius 1 is 1.11 bits per heavy atom. The van der Waals surface area contributed by atoms with Crippen LogP contribution in [0.1, 0.15) is 18.2 Å². The summed E-state index contributed by atoms with van der Waals surface area (Å²) < 4.78 is 22.8. The maximum Gasteiger partial charge on any atom is 0.251 e. The van der Waals surface area contributed by atoms with Crippen LogP contribution in [0.4, 0.5) is 11.5 Å². The van der Waals surface area contributed by atoms with Gasteiger partial charge < -0.3 is 29.6 Å². The molecular formula is C24H25ClN4O6. The number of amides is 2. The van der Waals surface area contributed by atoms with Crippen molar-refractivity contribution in [3.63, 3.8) is 0 Å². The van der Waals surface area contributed by atoms with Crippen molar-refractivity contribution in [1.82, 2.24) is 9.78 Å². The molecule has 0 fully saturated rings. The van der Waals surface area contributed by atoms with Gasteiger partial charge in [0.1, 0.15) is 11.9 Å². The first-order valence-corrected chi connectivity index (χ1v) is 11.0. The van der Waals surface area contributed by atoms with Crippen LogP contribution in [0.15, 0.2) is 36.4 Å². The molecule has 0 aliphatic carbocycles. The van der Waals surface area contributed by atoms with Gasteiger partial charge in [0.15, 0.2) is 11.5 Å². The average molecular weight is 501 g/mol. The lowest BCUT2D eigenvalue weighted by Gasteiger charge is -2.15. The summed E-state index contributed by atoms with van der Waals surface area (Å²) in [4.78, 5) is 25.7. The summed E-state index contributed by atoms with van der Waals surface area (Å²) in [5, 5.41) is 10.8. The zero-order valence-corrected chi connectivity index (χ0v) is 20.4. The van der Waals surface area contributed by atoms with Crippen molar-refractivity contribution in [3.05, 3.63) is 47.1 Å². The number of benzene rings is 2. The topological polar surface area (TPSA) is 113 Å². The molecule has 3 aromatic rings. The van der Waals surface area contributed by atoms with Crippen LogP contribution in [0.2, 0.25) is 5.02 Å². The summed E-state index contributed by atoms with van der Waals surface area (Å²) in [5.41, 5.74) is 2.55. The summed E-state index contributed by atoms with van der Waals surface area (Å²) in [6.45, 7) is 0.224. The van der Waals surface area contributed by atoms with E-state index < -0.39 is 6.04 Å². The van der Waals surface area contributed by atoms with Crippen molar-refractivity contribution in [1.29, 1.82) is 0 Å². The van der Waals surface area contributed by atoms with E-state index in [2.05, 4.69) is 15.7 Å². The van der Waals surface area contributed by atoms with Crippen LogP contribution in [0.3, 0.4) is 0 Å². The number of rotatable bonds is 9. The van der Waals surface area contributed by atoms with E-state index in [9.17, 15) is 9.59 Å². The number of hydrogen-bond donors (Lipinski definition) is 2. The number of anilines is 2. The monoisotopic (exact) mass is 500 g/mol. The predicted molar refractivity (Wildman–Crippen MR) is 130 cm³/mol. The van der Waals surface area contributed by atoms with Gasteiger partial charge >= 0.3 is 0 Å². The molecule has 1 aromatic heterocycles. The van der Waals surface area contributed by atoms with E-state index in [1.165, 1.54) is 26.0 Å². The quantitative estimate of drug-likeness (QED) is 0.458. The maximum absolute atomic E-state index is 12.9. The number of fused-ring (bicyclic) bond motifs is 1. The first kappa shape index (κ1) is 24.4. The van der Waals surface area contributed by atoms with Gasteiger partial charge in [0.25, 0.3) is 5.91 Å². The molecule has 10 nitrogen and oxygen atoms in total. The number of hydrogen-bond acceptors (Lipinski definition) is 7. The normalized spacial score (nSPS) is 14.3. The second-order valence-corrected chi connectivity index (χ2v) is 8.17. The van der Waals surface area contributed by atoms with Gasteiger partial charge in [-0.25, -0.2) is 4.68 Å². The molecule has 35 heavy (non-hydrogen) atoms. The Bertz CT molecular complexity index is 1250. The number of halogens is 1. The molecule has 11 heteroatoms. The highest BCUT2D eigenvalue weighted by molar-refractivity contribution is 6.30. The van der Waals surface area contributed by atoms with Crippen LogP contribution in [-0.4, -0.2) is 50.0 Å². The first-order valence-electron chi connectivity index (χ1n) is 10.7. The number of aromatic nitrogens is 2. The summed E-state index contributed by atoms with van der Waals surface area (Å²) in [6.07, 6.45) is -0.140. The van der Waals surface area contributed by atoms with Crippen LogP contribution in [-0.2, 0) is 20.9 Å². The lowest BCUT2D eigenvalue weighted by molar-refractivity contribution is -0.123. The highest BCUT2D eigenvalue weighted by atomic mass is 35.5. The highest BCUT2D eigenvalue weighted by Crippen LogP contribution is 2.41. The molecule has 0 saturated carbocycles. The number of nitrogens with zero attached hydrogens (tertiary/aromatic N) is 2.